The summed E-state index contributed by atoms with van der Waals surface area (Å²) in [5.41, 5.74) is 0. The highest BCUT2D eigenvalue weighted by Gasteiger charge is 2.01. The first kappa shape index (κ1) is 10.5. The Bertz CT molecular complexity index is 122. The highest BCUT2D eigenvalue weighted by Crippen LogP contribution is 1.89. The van der Waals surface area contributed by atoms with E-state index < -0.39 is 6.43 Å². The molecule has 0 aromatic rings. The number of alkyl halides is 2. The van der Waals surface area contributed by atoms with Crippen molar-refractivity contribution in [1.29, 1.82) is 0 Å². The number of rotatable bonds is 6. The number of halogens is 2. The van der Waals surface area contributed by atoms with Gasteiger partial charge in [0.15, 0.2) is 0 Å². The van der Waals surface area contributed by atoms with Crippen molar-refractivity contribution in [3.8, 4) is 0 Å². The summed E-state index contributed by atoms with van der Waals surface area (Å²) in [6.07, 6.45) is -1.49. The van der Waals surface area contributed by atoms with Gasteiger partial charge < -0.3 is 5.32 Å². The lowest BCUT2D eigenvalue weighted by Gasteiger charge is -2.01. The summed E-state index contributed by atoms with van der Waals surface area (Å²) in [7, 11) is 0. The van der Waals surface area contributed by atoms with E-state index in [0.717, 1.165) is 0 Å². The van der Waals surface area contributed by atoms with Crippen LogP contribution < -0.4 is 5.32 Å². The minimum Gasteiger partial charge on any atom is -0.311 e. The van der Waals surface area contributed by atoms with E-state index in [2.05, 4.69) is 5.32 Å². The molecule has 0 saturated carbocycles. The fraction of sp³-hybridized carbons (Fsp3) is 0.857. The smallest absolute Gasteiger partial charge is 0.250 e. The first-order valence-electron chi connectivity index (χ1n) is 3.67. The van der Waals surface area contributed by atoms with Gasteiger partial charge in [-0.15, -0.1) is 0 Å². The largest absolute Gasteiger partial charge is 0.311 e. The quantitative estimate of drug-likeness (QED) is 0.607. The molecular formula is C7H15F2NO. The number of nitrogens with one attached hydrogen (secondary N) is 1. The molecule has 0 atom stereocenters. The molecule has 11 heavy (non-hydrogen) atoms. The Balaban J connectivity index is 0. The maximum atomic E-state index is 11.5. The molecule has 0 fully saturated rings. The second-order valence-corrected chi connectivity index (χ2v) is 2.24. The summed E-state index contributed by atoms with van der Waals surface area (Å²) in [4.78, 5) is 10.6. The lowest BCUT2D eigenvalue weighted by atomic mass is 10.2. The summed E-state index contributed by atoms with van der Waals surface area (Å²) in [5.74, 6) is 0.103. The Morgan fingerprint density at radius 1 is 1.64 bits per heavy atom. The van der Waals surface area contributed by atoms with Gasteiger partial charge in [0.1, 0.15) is 5.78 Å². The predicted octanol–water partition coefficient (Wildman–Crippen LogP) is 1.46. The monoisotopic (exact) mass is 167 g/mol. The molecule has 0 bridgehead atoms. The van der Waals surface area contributed by atoms with Crippen molar-refractivity contribution in [3.63, 3.8) is 0 Å². The van der Waals surface area contributed by atoms with Crippen molar-refractivity contribution < 1.29 is 15.0 Å². The van der Waals surface area contributed by atoms with E-state index in [1.54, 1.807) is 6.92 Å². The second-order valence-electron chi connectivity index (χ2n) is 2.24. The van der Waals surface area contributed by atoms with Crippen LogP contribution in [0.3, 0.4) is 0 Å². The van der Waals surface area contributed by atoms with E-state index in [1.165, 1.54) is 0 Å². The van der Waals surface area contributed by atoms with Crippen LogP contribution in [0.25, 0.3) is 0 Å². The Kier molecular flexibility index (Phi) is 5.93. The minimum atomic E-state index is -2.33. The molecule has 0 aromatic carbocycles. The molecule has 0 radical (unpaired) electrons. The van der Waals surface area contributed by atoms with Crippen LogP contribution in [-0.2, 0) is 4.79 Å². The number of carbonyl (C=O) groups is 1. The Labute approximate surface area is 66.5 Å². The zero-order chi connectivity index (χ0) is 8.69. The third-order valence-electron chi connectivity index (χ3n) is 1.27. The van der Waals surface area contributed by atoms with Crippen molar-refractivity contribution in [1.82, 2.24) is 5.32 Å². The van der Waals surface area contributed by atoms with Crippen LogP contribution >= 0.6 is 0 Å². The van der Waals surface area contributed by atoms with Crippen LogP contribution in [0.15, 0.2) is 0 Å². The van der Waals surface area contributed by atoms with Gasteiger partial charge in [-0.1, -0.05) is 6.92 Å². The molecule has 0 aromatic heterocycles. The van der Waals surface area contributed by atoms with Crippen LogP contribution in [0, 0.1) is 0 Å². The Hall–Kier alpha value is -0.510. The van der Waals surface area contributed by atoms with E-state index in [9.17, 15) is 13.6 Å². The number of Topliss-reactive ketones (excluding diaryl/α,β-unsaturated/α-hetero) is 1. The summed E-state index contributed by atoms with van der Waals surface area (Å²) >= 11 is 0. The molecule has 0 aliphatic rings. The van der Waals surface area contributed by atoms with E-state index in [1.807, 2.05) is 0 Å². The first-order valence-corrected chi connectivity index (χ1v) is 3.67. The number of ketones is 1. The molecule has 0 aliphatic carbocycles. The maximum absolute atomic E-state index is 11.5. The molecule has 0 rings (SSSR count). The third kappa shape index (κ3) is 7.39. The molecule has 0 amide bonds. The van der Waals surface area contributed by atoms with E-state index in [0.29, 0.717) is 19.4 Å². The van der Waals surface area contributed by atoms with Crippen molar-refractivity contribution in [3.05, 3.63) is 0 Å². The Morgan fingerprint density at radius 2 is 2.27 bits per heavy atom. The van der Waals surface area contributed by atoms with Gasteiger partial charge in [0.25, 0.3) is 6.43 Å². The van der Waals surface area contributed by atoms with E-state index in [4.69, 9.17) is 0 Å². The zero-order valence-corrected chi connectivity index (χ0v) is 6.57. The molecule has 1 N–H and O–H groups in total. The standard InChI is InChI=1S/C7H13F2NO.H2/c1-2-6(11)3-4-10-5-7(8)9;/h7,10H,2-5H2,1H3;1H. The van der Waals surface area contributed by atoms with Gasteiger partial charge in [-0.2, -0.15) is 0 Å². The fourth-order valence-corrected chi connectivity index (χ4v) is 0.616. The number of hydrogen-bond donors (Lipinski definition) is 1. The SMILES string of the molecule is CCC(=O)CCNCC(F)F.[HH]. The summed E-state index contributed by atoms with van der Waals surface area (Å²) in [6, 6.07) is 0. The lowest BCUT2D eigenvalue weighted by molar-refractivity contribution is -0.118. The lowest BCUT2D eigenvalue weighted by Crippen LogP contribution is -2.23. The molecule has 4 heteroatoms. The van der Waals surface area contributed by atoms with Crippen LogP contribution in [-0.4, -0.2) is 25.3 Å². The average molecular weight is 167 g/mol. The van der Waals surface area contributed by atoms with Crippen LogP contribution in [0.5, 0.6) is 0 Å². The molecule has 0 unspecified atom stereocenters. The minimum absolute atomic E-state index is 0. The highest BCUT2D eigenvalue weighted by molar-refractivity contribution is 5.78. The van der Waals surface area contributed by atoms with E-state index in [-0.39, 0.29) is 13.8 Å². The molecule has 0 aliphatic heterocycles. The van der Waals surface area contributed by atoms with Crippen molar-refractivity contribution in [2.24, 2.45) is 0 Å². The topological polar surface area (TPSA) is 29.1 Å². The number of carbonyl (C=O) groups excluding carboxylic acids is 1. The predicted molar refractivity (Wildman–Crippen MR) is 40.9 cm³/mol. The summed E-state index contributed by atoms with van der Waals surface area (Å²) in [6.45, 7) is 1.80. The Morgan fingerprint density at radius 3 is 2.73 bits per heavy atom. The normalized spacial score (nSPS) is 10.5. The van der Waals surface area contributed by atoms with E-state index >= 15 is 0 Å². The van der Waals surface area contributed by atoms with Gasteiger partial charge in [0, 0.05) is 20.8 Å². The first-order chi connectivity index (χ1) is 5.16. The van der Waals surface area contributed by atoms with Gasteiger partial charge in [-0.3, -0.25) is 4.79 Å². The van der Waals surface area contributed by atoms with Gasteiger partial charge in [0.2, 0.25) is 0 Å². The maximum Gasteiger partial charge on any atom is 0.250 e. The molecule has 0 spiro atoms. The fourth-order valence-electron chi connectivity index (χ4n) is 0.616. The van der Waals surface area contributed by atoms with Crippen LogP contribution in [0.2, 0.25) is 0 Å². The molecule has 68 valence electrons. The van der Waals surface area contributed by atoms with Crippen molar-refractivity contribution >= 4 is 5.78 Å². The van der Waals surface area contributed by atoms with Gasteiger partial charge in [-0.05, 0) is 0 Å². The second kappa shape index (κ2) is 6.22. The van der Waals surface area contributed by atoms with Crippen molar-refractivity contribution in [2.75, 3.05) is 13.1 Å². The molecule has 0 heterocycles. The molecule has 2 nitrogen and oxygen atoms in total. The zero-order valence-electron chi connectivity index (χ0n) is 6.57. The van der Waals surface area contributed by atoms with Crippen molar-refractivity contribution in [2.45, 2.75) is 26.2 Å². The van der Waals surface area contributed by atoms with Gasteiger partial charge in [0.05, 0.1) is 6.54 Å². The van der Waals surface area contributed by atoms with Gasteiger partial charge in [-0.25, -0.2) is 8.78 Å². The average Bonchev–Trinajstić information content (AvgIpc) is 1.97. The number of hydrogen-bond acceptors (Lipinski definition) is 2. The summed E-state index contributed by atoms with van der Waals surface area (Å²) in [5, 5.41) is 2.48. The molecular weight excluding hydrogens is 152 g/mol. The molecule has 0 saturated heterocycles. The summed E-state index contributed by atoms with van der Waals surface area (Å²) < 4.78 is 23.0. The van der Waals surface area contributed by atoms with Crippen LogP contribution in [0.1, 0.15) is 21.2 Å². The van der Waals surface area contributed by atoms with Crippen LogP contribution in [0.4, 0.5) is 8.78 Å². The van der Waals surface area contributed by atoms with Gasteiger partial charge >= 0.3 is 0 Å². The highest BCUT2D eigenvalue weighted by atomic mass is 19.3. The third-order valence-corrected chi connectivity index (χ3v) is 1.27.